The summed E-state index contributed by atoms with van der Waals surface area (Å²) in [6.45, 7) is 2.21. The molecule has 0 aliphatic heterocycles. The van der Waals surface area contributed by atoms with Gasteiger partial charge >= 0.3 is 29.6 Å². The van der Waals surface area contributed by atoms with Crippen LogP contribution in [0, 0.1) is 0 Å². The molecule has 0 saturated heterocycles. The maximum Gasteiger partial charge on any atom is 1.00 e. The molecule has 0 fully saturated rings. The predicted molar refractivity (Wildman–Crippen MR) is 86.9 cm³/mol. The fourth-order valence-electron chi connectivity index (χ4n) is 2.11. The van der Waals surface area contributed by atoms with Gasteiger partial charge in [0.2, 0.25) is 5.79 Å². The van der Waals surface area contributed by atoms with Crippen LogP contribution in [-0.4, -0.2) is 22.0 Å². The number of unbranched alkanes of at least 4 members (excludes halogenated alkanes) is 7. The van der Waals surface area contributed by atoms with E-state index in [1.807, 2.05) is 0 Å². The van der Waals surface area contributed by atoms with Gasteiger partial charge in [-0.3, -0.25) is 0 Å². The Labute approximate surface area is 163 Å². The molecular weight excluding hydrogens is 303 g/mol. The largest absolute Gasteiger partial charge is 1.00 e. The van der Waals surface area contributed by atoms with Gasteiger partial charge in [0.15, 0.2) is 0 Å². The van der Waals surface area contributed by atoms with Crippen LogP contribution in [0.5, 0.6) is 0 Å². The molecule has 0 aromatic carbocycles. The summed E-state index contributed by atoms with van der Waals surface area (Å²) in [6, 6.07) is 0. The summed E-state index contributed by atoms with van der Waals surface area (Å²) >= 11 is 0. The first-order chi connectivity index (χ1) is 10.5. The van der Waals surface area contributed by atoms with Crippen LogP contribution in [0.1, 0.15) is 77.6 Å². The fraction of sp³-hybridized carbons (Fsp3) is 0.722. The van der Waals surface area contributed by atoms with Crippen LogP contribution in [0.3, 0.4) is 0 Å². The molecule has 0 aliphatic carbocycles. The topological polar surface area (TPSA) is 80.6 Å². The van der Waals surface area contributed by atoms with Crippen LogP contribution >= 0.6 is 0 Å². The van der Waals surface area contributed by atoms with Crippen LogP contribution < -0.4 is 34.7 Å². The van der Waals surface area contributed by atoms with Crippen LogP contribution in [0.4, 0.5) is 0 Å². The molecule has 0 heterocycles. The number of carbonyl (C=O) groups excluding carboxylic acids is 1. The van der Waals surface area contributed by atoms with Gasteiger partial charge in [0.25, 0.3) is 0 Å². The van der Waals surface area contributed by atoms with Crippen LogP contribution in [-0.2, 0) is 4.79 Å². The SMILES string of the molecule is CCCCC/C=C\C/C=C\CCCCCCC(O)(O)C(=O)[O-].[Na+]. The molecule has 0 bridgehead atoms. The summed E-state index contributed by atoms with van der Waals surface area (Å²) in [5, 5.41) is 28.5. The number of carbonyl (C=O) groups is 1. The molecule has 0 aliphatic rings. The number of hydrogen-bond donors (Lipinski definition) is 2. The third-order valence-electron chi connectivity index (χ3n) is 3.55. The van der Waals surface area contributed by atoms with Crippen molar-refractivity contribution in [2.24, 2.45) is 0 Å². The molecule has 0 unspecified atom stereocenters. The average molecular weight is 334 g/mol. The summed E-state index contributed by atoms with van der Waals surface area (Å²) in [6.07, 6.45) is 18.9. The van der Waals surface area contributed by atoms with Gasteiger partial charge in [-0.15, -0.1) is 0 Å². The minimum atomic E-state index is -2.68. The van der Waals surface area contributed by atoms with E-state index in [2.05, 4.69) is 31.2 Å². The Morgan fingerprint density at radius 2 is 1.43 bits per heavy atom. The Morgan fingerprint density at radius 3 is 1.96 bits per heavy atom. The summed E-state index contributed by atoms with van der Waals surface area (Å²) in [7, 11) is 0. The van der Waals surface area contributed by atoms with E-state index in [4.69, 9.17) is 10.2 Å². The molecule has 5 heteroatoms. The molecular formula is C18H31NaO4. The number of hydrogen-bond acceptors (Lipinski definition) is 4. The van der Waals surface area contributed by atoms with E-state index in [0.29, 0.717) is 6.42 Å². The Kier molecular flexibility index (Phi) is 18.3. The average Bonchev–Trinajstić information content (AvgIpc) is 2.47. The van der Waals surface area contributed by atoms with E-state index in [1.165, 1.54) is 25.7 Å². The first-order valence-electron chi connectivity index (χ1n) is 8.47. The first-order valence-corrected chi connectivity index (χ1v) is 8.47. The van der Waals surface area contributed by atoms with E-state index in [9.17, 15) is 9.90 Å². The Balaban J connectivity index is 0. The summed E-state index contributed by atoms with van der Waals surface area (Å²) in [5.41, 5.74) is 0. The molecule has 4 nitrogen and oxygen atoms in total. The molecule has 0 radical (unpaired) electrons. The van der Waals surface area contributed by atoms with Crippen molar-refractivity contribution in [3.05, 3.63) is 24.3 Å². The Bertz CT molecular complexity index is 338. The second-order valence-electron chi connectivity index (χ2n) is 5.73. The first kappa shape index (κ1) is 25.1. The smallest absolute Gasteiger partial charge is 0.544 e. The van der Waals surface area contributed by atoms with Gasteiger partial charge < -0.3 is 20.1 Å². The van der Waals surface area contributed by atoms with E-state index >= 15 is 0 Å². The third kappa shape index (κ3) is 16.5. The van der Waals surface area contributed by atoms with Gasteiger partial charge in [-0.05, 0) is 38.5 Å². The second kappa shape index (κ2) is 16.7. The normalized spacial score (nSPS) is 12.0. The van der Waals surface area contributed by atoms with Crippen molar-refractivity contribution >= 4 is 5.97 Å². The van der Waals surface area contributed by atoms with Gasteiger partial charge in [0.05, 0.1) is 0 Å². The van der Waals surface area contributed by atoms with E-state index in [0.717, 1.165) is 32.1 Å². The number of aliphatic carboxylic acids is 1. The number of allylic oxidation sites excluding steroid dienone is 4. The van der Waals surface area contributed by atoms with Gasteiger partial charge in [-0.25, -0.2) is 0 Å². The second-order valence-corrected chi connectivity index (χ2v) is 5.73. The van der Waals surface area contributed by atoms with Crippen molar-refractivity contribution in [2.45, 2.75) is 83.3 Å². The van der Waals surface area contributed by atoms with Crippen LogP contribution in [0.2, 0.25) is 0 Å². The van der Waals surface area contributed by atoms with Gasteiger partial charge in [-0.2, -0.15) is 0 Å². The zero-order valence-electron chi connectivity index (χ0n) is 14.8. The molecule has 0 spiro atoms. The summed E-state index contributed by atoms with van der Waals surface area (Å²) in [5.74, 6) is -4.50. The molecule has 0 aromatic heterocycles. The molecule has 0 rings (SSSR count). The fourth-order valence-corrected chi connectivity index (χ4v) is 2.11. The van der Waals surface area contributed by atoms with Gasteiger partial charge in [0.1, 0.15) is 5.97 Å². The molecule has 0 amide bonds. The van der Waals surface area contributed by atoms with Crippen molar-refractivity contribution in [1.82, 2.24) is 0 Å². The van der Waals surface area contributed by atoms with Gasteiger partial charge in [-0.1, -0.05) is 56.9 Å². The minimum absolute atomic E-state index is 0. The van der Waals surface area contributed by atoms with E-state index < -0.39 is 11.8 Å². The third-order valence-corrected chi connectivity index (χ3v) is 3.55. The molecule has 2 N–H and O–H groups in total. The monoisotopic (exact) mass is 334 g/mol. The Morgan fingerprint density at radius 1 is 0.913 bits per heavy atom. The summed E-state index contributed by atoms with van der Waals surface area (Å²) < 4.78 is 0. The predicted octanol–water partition coefficient (Wildman–Crippen LogP) is -0.155. The van der Waals surface area contributed by atoms with Crippen LogP contribution in [0.15, 0.2) is 24.3 Å². The van der Waals surface area contributed by atoms with Crippen molar-refractivity contribution in [1.29, 1.82) is 0 Å². The van der Waals surface area contributed by atoms with E-state index in [1.54, 1.807) is 0 Å². The maximum absolute atomic E-state index is 10.4. The number of rotatable bonds is 14. The summed E-state index contributed by atoms with van der Waals surface area (Å²) in [4.78, 5) is 10.4. The van der Waals surface area contributed by atoms with E-state index in [-0.39, 0.29) is 36.0 Å². The Hall–Kier alpha value is -0.130. The zero-order valence-corrected chi connectivity index (χ0v) is 16.8. The number of aliphatic hydroxyl groups is 2. The van der Waals surface area contributed by atoms with Gasteiger partial charge in [0, 0.05) is 6.42 Å². The maximum atomic E-state index is 10.4. The molecule has 128 valence electrons. The molecule has 0 saturated carbocycles. The standard InChI is InChI=1S/C18H32O4.Na/c1-2-3-4-5-6-7-8-9-10-11-12-13-14-15-16-18(21,22)17(19)20;/h6-7,9-10,21-22H,2-5,8,11-16H2,1H3,(H,19,20);/q;+1/p-1/b7-6-,10-9-;. The molecule has 0 aromatic rings. The van der Waals surface area contributed by atoms with Crippen molar-refractivity contribution in [3.63, 3.8) is 0 Å². The minimum Gasteiger partial charge on any atom is -0.544 e. The van der Waals surface area contributed by atoms with Crippen molar-refractivity contribution in [2.75, 3.05) is 0 Å². The quantitative estimate of drug-likeness (QED) is 0.200. The number of carboxylic acids is 1. The molecule has 23 heavy (non-hydrogen) atoms. The number of carboxylic acid groups (broad SMARTS) is 1. The molecule has 0 atom stereocenters. The van der Waals surface area contributed by atoms with Crippen molar-refractivity contribution < 1.29 is 49.7 Å². The van der Waals surface area contributed by atoms with Crippen LogP contribution in [0.25, 0.3) is 0 Å². The van der Waals surface area contributed by atoms with Crippen molar-refractivity contribution in [3.8, 4) is 0 Å². The zero-order chi connectivity index (χ0) is 16.7.